The maximum absolute atomic E-state index is 8.82. The van der Waals surface area contributed by atoms with Gasteiger partial charge in [0.05, 0.1) is 0 Å². The Bertz CT molecular complexity index is 553. The van der Waals surface area contributed by atoms with E-state index < -0.39 is 0 Å². The zero-order chi connectivity index (χ0) is 11.5. The van der Waals surface area contributed by atoms with Crippen molar-refractivity contribution in [3.63, 3.8) is 0 Å². The summed E-state index contributed by atoms with van der Waals surface area (Å²) in [5.74, 6) is 0.404. The highest BCUT2D eigenvalue weighted by molar-refractivity contribution is 9.10. The molecule has 0 bridgehead atoms. The summed E-state index contributed by atoms with van der Waals surface area (Å²) in [4.78, 5) is 3.93. The minimum absolute atomic E-state index is 0.404. The number of nitrogens with zero attached hydrogens (tertiary/aromatic N) is 3. The first kappa shape index (κ1) is 10.7. The quantitative estimate of drug-likeness (QED) is 0.855. The molecule has 16 heavy (non-hydrogen) atoms. The molecule has 1 heterocycles. The minimum Gasteiger partial charge on any atom is -0.398 e. The van der Waals surface area contributed by atoms with Gasteiger partial charge in [0.2, 0.25) is 5.82 Å². The maximum Gasteiger partial charge on any atom is 0.213 e. The number of hydrogen-bond donors (Lipinski definition) is 1. The van der Waals surface area contributed by atoms with Crippen LogP contribution in [0.1, 0.15) is 11.4 Å². The van der Waals surface area contributed by atoms with Crippen LogP contribution >= 0.6 is 15.9 Å². The number of imidazole rings is 1. The molecular weight excluding hydrogens is 268 g/mol. The van der Waals surface area contributed by atoms with Gasteiger partial charge in [0.15, 0.2) is 0 Å². The molecule has 1 aromatic carbocycles. The van der Waals surface area contributed by atoms with Crippen molar-refractivity contribution in [2.75, 3.05) is 5.73 Å². The van der Waals surface area contributed by atoms with E-state index in [1.165, 1.54) is 0 Å². The number of benzene rings is 1. The van der Waals surface area contributed by atoms with Crippen LogP contribution in [0.15, 0.2) is 35.1 Å². The van der Waals surface area contributed by atoms with E-state index in [0.29, 0.717) is 18.1 Å². The summed E-state index contributed by atoms with van der Waals surface area (Å²) in [5.41, 5.74) is 7.51. The fraction of sp³-hybridized carbons (Fsp3) is 0.0909. The molecule has 2 aromatic rings. The zero-order valence-corrected chi connectivity index (χ0v) is 9.98. The normalized spacial score (nSPS) is 10.0. The van der Waals surface area contributed by atoms with Crippen molar-refractivity contribution in [3.8, 4) is 6.07 Å². The molecule has 0 radical (unpaired) electrons. The molecule has 1 aromatic heterocycles. The van der Waals surface area contributed by atoms with Crippen LogP contribution in [0.2, 0.25) is 0 Å². The highest BCUT2D eigenvalue weighted by Gasteiger charge is 2.03. The summed E-state index contributed by atoms with van der Waals surface area (Å²) in [5, 5.41) is 8.82. The standard InChI is InChI=1S/C11H9BrN4/c12-9-2-1-8(5-10(9)14)7-16-4-3-15-11(16)6-13/h1-5H,7,14H2. The van der Waals surface area contributed by atoms with E-state index in [-0.39, 0.29) is 0 Å². The van der Waals surface area contributed by atoms with Crippen molar-refractivity contribution in [2.24, 2.45) is 0 Å². The van der Waals surface area contributed by atoms with Crippen molar-refractivity contribution >= 4 is 21.6 Å². The monoisotopic (exact) mass is 276 g/mol. The Balaban J connectivity index is 2.28. The number of aromatic nitrogens is 2. The molecule has 0 amide bonds. The van der Waals surface area contributed by atoms with E-state index in [9.17, 15) is 0 Å². The van der Waals surface area contributed by atoms with E-state index in [2.05, 4.69) is 20.9 Å². The van der Waals surface area contributed by atoms with E-state index in [0.717, 1.165) is 10.0 Å². The van der Waals surface area contributed by atoms with Crippen LogP contribution in [0.5, 0.6) is 0 Å². The van der Waals surface area contributed by atoms with Gasteiger partial charge in [0.25, 0.3) is 0 Å². The largest absolute Gasteiger partial charge is 0.398 e. The number of nitrogens with two attached hydrogens (primary N) is 1. The Morgan fingerprint density at radius 1 is 1.50 bits per heavy atom. The smallest absolute Gasteiger partial charge is 0.213 e. The topological polar surface area (TPSA) is 67.6 Å². The van der Waals surface area contributed by atoms with Gasteiger partial charge in [0.1, 0.15) is 6.07 Å². The van der Waals surface area contributed by atoms with Crippen molar-refractivity contribution in [1.29, 1.82) is 5.26 Å². The summed E-state index contributed by atoms with van der Waals surface area (Å²) in [6.07, 6.45) is 3.39. The molecule has 2 N–H and O–H groups in total. The third kappa shape index (κ3) is 2.07. The van der Waals surface area contributed by atoms with E-state index >= 15 is 0 Å². The van der Waals surface area contributed by atoms with Gasteiger partial charge >= 0.3 is 0 Å². The van der Waals surface area contributed by atoms with Gasteiger partial charge < -0.3 is 10.3 Å². The molecule has 2 rings (SSSR count). The highest BCUT2D eigenvalue weighted by Crippen LogP contribution is 2.20. The first-order chi connectivity index (χ1) is 7.70. The molecule has 0 saturated heterocycles. The Hall–Kier alpha value is -1.80. The van der Waals surface area contributed by atoms with E-state index in [1.807, 2.05) is 24.3 Å². The number of rotatable bonds is 2. The third-order valence-corrected chi connectivity index (χ3v) is 2.95. The summed E-state index contributed by atoms with van der Waals surface area (Å²) < 4.78 is 2.66. The van der Waals surface area contributed by atoms with Crippen molar-refractivity contribution < 1.29 is 0 Å². The SMILES string of the molecule is N#Cc1nccn1Cc1ccc(Br)c(N)c1. The first-order valence-corrected chi connectivity index (χ1v) is 5.45. The lowest BCUT2D eigenvalue weighted by molar-refractivity contribution is 0.782. The number of hydrogen-bond acceptors (Lipinski definition) is 3. The Morgan fingerprint density at radius 2 is 2.31 bits per heavy atom. The van der Waals surface area contributed by atoms with Crippen LogP contribution in [-0.2, 0) is 6.54 Å². The predicted molar refractivity (Wildman–Crippen MR) is 64.6 cm³/mol. The second kappa shape index (κ2) is 4.37. The van der Waals surface area contributed by atoms with E-state index in [1.54, 1.807) is 17.0 Å². The molecule has 0 fully saturated rings. The fourth-order valence-corrected chi connectivity index (χ4v) is 1.68. The Labute approximate surface area is 101 Å². The van der Waals surface area contributed by atoms with E-state index in [4.69, 9.17) is 11.0 Å². The average Bonchev–Trinajstić information content (AvgIpc) is 2.71. The average molecular weight is 277 g/mol. The van der Waals surface area contributed by atoms with Crippen LogP contribution in [0.25, 0.3) is 0 Å². The molecule has 5 heteroatoms. The van der Waals surface area contributed by atoms with Crippen LogP contribution in [0.3, 0.4) is 0 Å². The third-order valence-electron chi connectivity index (χ3n) is 2.23. The highest BCUT2D eigenvalue weighted by atomic mass is 79.9. The number of nitriles is 1. The van der Waals surface area contributed by atoms with Crippen molar-refractivity contribution in [3.05, 3.63) is 46.5 Å². The second-order valence-electron chi connectivity index (χ2n) is 3.35. The summed E-state index contributed by atoms with van der Waals surface area (Å²) in [6.45, 7) is 0.598. The molecule has 0 aliphatic heterocycles. The molecule has 0 spiro atoms. The van der Waals surface area contributed by atoms with Gasteiger partial charge in [-0.05, 0) is 33.6 Å². The molecule has 0 aliphatic carbocycles. The number of anilines is 1. The van der Waals surface area contributed by atoms with Gasteiger partial charge in [-0.2, -0.15) is 5.26 Å². The second-order valence-corrected chi connectivity index (χ2v) is 4.20. The molecule has 0 saturated carbocycles. The Morgan fingerprint density at radius 3 is 3.00 bits per heavy atom. The maximum atomic E-state index is 8.82. The Kier molecular flexibility index (Phi) is 2.93. The molecule has 80 valence electrons. The summed E-state index contributed by atoms with van der Waals surface area (Å²) in [6, 6.07) is 7.77. The van der Waals surface area contributed by atoms with Gasteiger partial charge in [-0.3, -0.25) is 0 Å². The van der Waals surface area contributed by atoms with Gasteiger partial charge in [-0.1, -0.05) is 6.07 Å². The molecular formula is C11H9BrN4. The summed E-state index contributed by atoms with van der Waals surface area (Å²) >= 11 is 3.34. The van der Waals surface area contributed by atoms with Crippen molar-refractivity contribution in [2.45, 2.75) is 6.54 Å². The fourth-order valence-electron chi connectivity index (χ4n) is 1.44. The van der Waals surface area contributed by atoms with Gasteiger partial charge in [-0.25, -0.2) is 4.98 Å². The van der Waals surface area contributed by atoms with Crippen LogP contribution in [0, 0.1) is 11.3 Å². The van der Waals surface area contributed by atoms with Crippen molar-refractivity contribution in [1.82, 2.24) is 9.55 Å². The minimum atomic E-state index is 0.404. The summed E-state index contributed by atoms with van der Waals surface area (Å²) in [7, 11) is 0. The first-order valence-electron chi connectivity index (χ1n) is 4.66. The van der Waals surface area contributed by atoms with Gasteiger partial charge in [0, 0.05) is 29.1 Å². The lowest BCUT2D eigenvalue weighted by Crippen LogP contribution is -2.02. The van der Waals surface area contributed by atoms with Crippen LogP contribution in [0.4, 0.5) is 5.69 Å². The van der Waals surface area contributed by atoms with Crippen LogP contribution < -0.4 is 5.73 Å². The van der Waals surface area contributed by atoms with Crippen LogP contribution in [-0.4, -0.2) is 9.55 Å². The molecule has 0 unspecified atom stereocenters. The number of halogens is 1. The molecule has 0 atom stereocenters. The predicted octanol–water partition coefficient (Wildman–Crippen LogP) is 2.15. The van der Waals surface area contributed by atoms with Gasteiger partial charge in [-0.15, -0.1) is 0 Å². The lowest BCUT2D eigenvalue weighted by atomic mass is 10.2. The number of nitrogen functional groups attached to an aromatic ring is 1. The molecule has 4 nitrogen and oxygen atoms in total. The zero-order valence-electron chi connectivity index (χ0n) is 8.39. The molecule has 0 aliphatic rings. The lowest BCUT2D eigenvalue weighted by Gasteiger charge is -2.05.